The molecule has 28 heavy (non-hydrogen) atoms. The first-order valence-electron chi connectivity index (χ1n) is 9.66. The van der Waals surface area contributed by atoms with Gasteiger partial charge in [-0.3, -0.25) is 4.98 Å². The van der Waals surface area contributed by atoms with Gasteiger partial charge in [-0.1, -0.05) is 32.0 Å². The van der Waals surface area contributed by atoms with Crippen molar-refractivity contribution in [2.24, 2.45) is 0 Å². The molecule has 1 aliphatic carbocycles. The van der Waals surface area contributed by atoms with Crippen molar-refractivity contribution in [3.63, 3.8) is 0 Å². The maximum Gasteiger partial charge on any atom is 0.342 e. The first-order valence-corrected chi connectivity index (χ1v) is 9.66. The molecule has 0 saturated heterocycles. The number of aliphatic hydroxyl groups is 1. The summed E-state index contributed by atoms with van der Waals surface area (Å²) in [5.41, 5.74) is 4.63. The Hall–Kier alpha value is -2.92. The maximum absolute atomic E-state index is 12.7. The lowest BCUT2D eigenvalue weighted by Crippen LogP contribution is -2.11. The molecule has 144 valence electrons. The normalized spacial score (nSPS) is 13.7. The fraction of sp³-hybridized carbons (Fsp3) is 0.304. The van der Waals surface area contributed by atoms with E-state index in [4.69, 9.17) is 4.74 Å². The van der Waals surface area contributed by atoms with Crippen molar-refractivity contribution < 1.29 is 14.6 Å². The highest BCUT2D eigenvalue weighted by Crippen LogP contribution is 2.35. The van der Waals surface area contributed by atoms with Gasteiger partial charge in [0, 0.05) is 17.3 Å². The van der Waals surface area contributed by atoms with Crippen LogP contribution in [-0.4, -0.2) is 22.2 Å². The Morgan fingerprint density at radius 1 is 1.25 bits per heavy atom. The molecular weight excluding hydrogens is 352 g/mol. The first kappa shape index (κ1) is 18.4. The van der Waals surface area contributed by atoms with Crippen LogP contribution in [0.25, 0.3) is 10.9 Å². The Morgan fingerprint density at radius 3 is 2.64 bits per heavy atom. The Balaban J connectivity index is 1.89. The monoisotopic (exact) mass is 376 g/mol. The minimum Gasteiger partial charge on any atom is -0.459 e. The van der Waals surface area contributed by atoms with Crippen LogP contribution in [0, 0.1) is 0 Å². The number of aromatic nitrogens is 1. The number of pyridine rings is 1. The molecule has 2 N–H and O–H groups in total. The van der Waals surface area contributed by atoms with Gasteiger partial charge in [0.2, 0.25) is 0 Å². The number of esters is 1. The zero-order valence-corrected chi connectivity index (χ0v) is 16.1. The van der Waals surface area contributed by atoms with Crippen LogP contribution in [0.1, 0.15) is 54.1 Å². The van der Waals surface area contributed by atoms with Gasteiger partial charge in [0.05, 0.1) is 17.8 Å². The van der Waals surface area contributed by atoms with Crippen LogP contribution in [0.3, 0.4) is 0 Å². The second kappa shape index (κ2) is 7.60. The lowest BCUT2D eigenvalue weighted by Gasteiger charge is -2.18. The summed E-state index contributed by atoms with van der Waals surface area (Å²) in [5.74, 6) is -0.120. The topological polar surface area (TPSA) is 71.5 Å². The van der Waals surface area contributed by atoms with Crippen LogP contribution in [0.5, 0.6) is 0 Å². The van der Waals surface area contributed by atoms with Crippen LogP contribution in [0.4, 0.5) is 11.4 Å². The number of hydrogen-bond acceptors (Lipinski definition) is 5. The summed E-state index contributed by atoms with van der Waals surface area (Å²) in [6.45, 7) is 4.13. The van der Waals surface area contributed by atoms with Gasteiger partial charge in [0.15, 0.2) is 0 Å². The molecule has 3 aromatic rings. The van der Waals surface area contributed by atoms with Crippen LogP contribution in [0.15, 0.2) is 48.7 Å². The van der Waals surface area contributed by atoms with E-state index in [1.807, 2.05) is 42.5 Å². The van der Waals surface area contributed by atoms with E-state index in [9.17, 15) is 9.90 Å². The predicted octanol–water partition coefficient (Wildman–Crippen LogP) is 4.91. The van der Waals surface area contributed by atoms with Crippen molar-refractivity contribution in [1.82, 2.24) is 4.98 Å². The van der Waals surface area contributed by atoms with Gasteiger partial charge in [0.1, 0.15) is 11.7 Å². The Morgan fingerprint density at radius 2 is 2.00 bits per heavy atom. The zero-order chi connectivity index (χ0) is 19.7. The summed E-state index contributed by atoms with van der Waals surface area (Å²) in [5, 5.41) is 14.0. The molecule has 0 unspecified atom stereocenters. The van der Waals surface area contributed by atoms with Gasteiger partial charge in [-0.15, -0.1) is 0 Å². The van der Waals surface area contributed by atoms with E-state index in [1.54, 1.807) is 6.20 Å². The highest BCUT2D eigenvalue weighted by atomic mass is 16.5. The van der Waals surface area contributed by atoms with Crippen molar-refractivity contribution >= 4 is 28.2 Å². The molecule has 1 heterocycles. The third-order valence-corrected chi connectivity index (χ3v) is 4.98. The molecular formula is C23H24N2O3. The number of para-hydroxylation sites is 1. The number of carbonyl (C=O) groups is 1. The molecule has 4 rings (SSSR count). The maximum atomic E-state index is 12.7. The highest BCUT2D eigenvalue weighted by molar-refractivity contribution is 6.06. The molecule has 0 amide bonds. The summed E-state index contributed by atoms with van der Waals surface area (Å²) in [7, 11) is 0. The second-order valence-electron chi connectivity index (χ2n) is 7.52. The van der Waals surface area contributed by atoms with Crippen molar-refractivity contribution in [1.29, 1.82) is 0 Å². The Kier molecular flexibility index (Phi) is 5.01. The van der Waals surface area contributed by atoms with Gasteiger partial charge in [0.25, 0.3) is 0 Å². The van der Waals surface area contributed by atoms with Gasteiger partial charge >= 0.3 is 5.97 Å². The number of anilines is 2. The molecule has 0 radical (unpaired) electrons. The summed E-state index contributed by atoms with van der Waals surface area (Å²) in [6.07, 6.45) is 3.43. The molecule has 1 aliphatic rings. The largest absolute Gasteiger partial charge is 0.459 e. The number of nitrogens with zero attached hydrogens (tertiary/aromatic N) is 1. The van der Waals surface area contributed by atoms with Crippen LogP contribution in [-0.2, 0) is 11.3 Å². The SMILES string of the molecule is CC(C)c1cc2c(Nc3ccccc3)c(C(=O)OC3CC3)cnc2cc1CO. The molecule has 5 nitrogen and oxygen atoms in total. The van der Waals surface area contributed by atoms with E-state index in [-0.39, 0.29) is 24.6 Å². The Labute approximate surface area is 164 Å². The van der Waals surface area contributed by atoms with E-state index in [0.717, 1.165) is 40.6 Å². The Bertz CT molecular complexity index is 1010. The molecule has 0 spiro atoms. The minimum absolute atomic E-state index is 0.0239. The van der Waals surface area contributed by atoms with E-state index < -0.39 is 0 Å². The number of benzene rings is 2. The first-order chi connectivity index (χ1) is 13.6. The average Bonchev–Trinajstić information content (AvgIpc) is 3.51. The van der Waals surface area contributed by atoms with Crippen molar-refractivity contribution in [3.8, 4) is 0 Å². The molecule has 1 fully saturated rings. The van der Waals surface area contributed by atoms with Crippen LogP contribution in [0.2, 0.25) is 0 Å². The van der Waals surface area contributed by atoms with E-state index in [1.165, 1.54) is 0 Å². The third kappa shape index (κ3) is 3.71. The fourth-order valence-electron chi connectivity index (χ4n) is 3.33. The number of aliphatic hydroxyl groups excluding tert-OH is 1. The number of hydrogen-bond donors (Lipinski definition) is 2. The van der Waals surface area contributed by atoms with E-state index in [0.29, 0.717) is 11.3 Å². The summed E-state index contributed by atoms with van der Waals surface area (Å²) in [4.78, 5) is 17.2. The second-order valence-corrected chi connectivity index (χ2v) is 7.52. The number of nitrogens with one attached hydrogen (secondary N) is 1. The number of carbonyl (C=O) groups excluding carboxylic acids is 1. The van der Waals surface area contributed by atoms with Gasteiger partial charge in [-0.25, -0.2) is 4.79 Å². The summed E-state index contributed by atoms with van der Waals surface area (Å²) < 4.78 is 5.54. The lowest BCUT2D eigenvalue weighted by atomic mass is 9.94. The highest BCUT2D eigenvalue weighted by Gasteiger charge is 2.28. The van der Waals surface area contributed by atoms with Crippen LogP contribution >= 0.6 is 0 Å². The number of ether oxygens (including phenoxy) is 1. The molecule has 1 aromatic heterocycles. The van der Waals surface area contributed by atoms with Gasteiger partial charge in [-0.05, 0) is 54.2 Å². The van der Waals surface area contributed by atoms with Crippen molar-refractivity contribution in [3.05, 3.63) is 65.4 Å². The van der Waals surface area contributed by atoms with Crippen molar-refractivity contribution in [2.45, 2.75) is 45.3 Å². The summed E-state index contributed by atoms with van der Waals surface area (Å²) in [6, 6.07) is 13.7. The zero-order valence-electron chi connectivity index (χ0n) is 16.1. The standard InChI is InChI=1S/C23H24N2O3/c1-14(2)18-11-19-21(10-15(18)13-26)24-12-20(23(27)28-17-8-9-17)22(19)25-16-6-4-3-5-7-16/h3-7,10-12,14,17,26H,8-9,13H2,1-2H3,(H,24,25). The minimum atomic E-state index is -0.354. The smallest absolute Gasteiger partial charge is 0.342 e. The molecule has 0 atom stereocenters. The molecule has 5 heteroatoms. The quantitative estimate of drug-likeness (QED) is 0.598. The predicted molar refractivity (Wildman–Crippen MR) is 110 cm³/mol. The van der Waals surface area contributed by atoms with E-state index >= 15 is 0 Å². The van der Waals surface area contributed by atoms with E-state index in [2.05, 4.69) is 24.1 Å². The average molecular weight is 376 g/mol. The number of rotatable bonds is 6. The fourth-order valence-corrected chi connectivity index (χ4v) is 3.33. The van der Waals surface area contributed by atoms with Crippen molar-refractivity contribution in [2.75, 3.05) is 5.32 Å². The summed E-state index contributed by atoms with van der Waals surface area (Å²) >= 11 is 0. The lowest BCUT2D eigenvalue weighted by molar-refractivity contribution is 0.0473. The molecule has 2 aromatic carbocycles. The third-order valence-electron chi connectivity index (χ3n) is 4.98. The van der Waals surface area contributed by atoms with Gasteiger partial charge in [-0.2, -0.15) is 0 Å². The molecule has 0 bridgehead atoms. The molecule has 0 aliphatic heterocycles. The van der Waals surface area contributed by atoms with Crippen LogP contribution < -0.4 is 5.32 Å². The molecule has 1 saturated carbocycles. The van der Waals surface area contributed by atoms with Gasteiger partial charge < -0.3 is 15.2 Å². The number of fused-ring (bicyclic) bond motifs is 1.